The van der Waals surface area contributed by atoms with Crippen LogP contribution in [0.15, 0.2) is 4.47 Å². The van der Waals surface area contributed by atoms with E-state index in [1.165, 1.54) is 0 Å². The number of carbonyl (C=O) groups is 1. The van der Waals surface area contributed by atoms with Crippen LogP contribution in [0.25, 0.3) is 0 Å². The van der Waals surface area contributed by atoms with Crippen molar-refractivity contribution in [3.8, 4) is 11.6 Å². The zero-order valence-electron chi connectivity index (χ0n) is 17.8. The molecule has 0 bridgehead atoms. The molecule has 29 heavy (non-hydrogen) atoms. The third-order valence-electron chi connectivity index (χ3n) is 4.51. The van der Waals surface area contributed by atoms with Crippen LogP contribution in [-0.2, 0) is 11.3 Å². The molecule has 1 atom stereocenters. The van der Waals surface area contributed by atoms with Gasteiger partial charge in [-0.3, -0.25) is 4.90 Å². The first-order chi connectivity index (χ1) is 13.3. The van der Waals surface area contributed by atoms with Crippen molar-refractivity contribution < 1.29 is 19.0 Å². The van der Waals surface area contributed by atoms with Crippen LogP contribution in [0.2, 0.25) is 5.02 Å². The molecule has 0 spiro atoms. The summed E-state index contributed by atoms with van der Waals surface area (Å²) < 4.78 is 18.1. The lowest BCUT2D eigenvalue weighted by atomic mass is 9.52. The van der Waals surface area contributed by atoms with E-state index in [-0.39, 0.29) is 12.1 Å². The summed E-state index contributed by atoms with van der Waals surface area (Å²) in [6, 6.07) is 0.0345. The van der Waals surface area contributed by atoms with Crippen LogP contribution in [0.3, 0.4) is 0 Å². The lowest BCUT2D eigenvalue weighted by molar-refractivity contribution is -0.00164. The topological polar surface area (TPSA) is 64.1 Å². The summed E-state index contributed by atoms with van der Waals surface area (Å²) in [5, 5.41) is 0.0540. The third kappa shape index (κ3) is 5.55. The van der Waals surface area contributed by atoms with E-state index in [9.17, 15) is 4.79 Å². The van der Waals surface area contributed by atoms with E-state index < -0.39 is 10.9 Å². The normalized spacial score (nSPS) is 20.2. The molecular weight excluding hydrogens is 458 g/mol. The monoisotopic (exact) mass is 483 g/mol. The molecule has 12 heteroatoms. The van der Waals surface area contributed by atoms with Crippen molar-refractivity contribution in [1.29, 1.82) is 0 Å². The van der Waals surface area contributed by atoms with Crippen molar-refractivity contribution in [3.05, 3.63) is 15.2 Å². The molecule has 156 valence electrons. The Morgan fingerprint density at radius 1 is 1.31 bits per heavy atom. The van der Waals surface area contributed by atoms with Gasteiger partial charge in [0.2, 0.25) is 5.88 Å². The minimum absolute atomic E-state index is 0.0345. The van der Waals surface area contributed by atoms with Gasteiger partial charge in [-0.15, -0.1) is 0 Å². The summed E-state index contributed by atoms with van der Waals surface area (Å²) in [4.78, 5) is 21.2. The van der Waals surface area contributed by atoms with Gasteiger partial charge >= 0.3 is 6.09 Å². The zero-order valence-corrected chi connectivity index (χ0v) is 20.2. The number of halogens is 2. The Morgan fingerprint density at radius 2 is 2.00 bits per heavy atom. The van der Waals surface area contributed by atoms with E-state index in [0.717, 1.165) is 5.69 Å². The van der Waals surface area contributed by atoms with E-state index in [4.69, 9.17) is 25.8 Å². The van der Waals surface area contributed by atoms with Gasteiger partial charge in [0.15, 0.2) is 5.75 Å². The fourth-order valence-corrected chi connectivity index (χ4v) is 3.87. The molecule has 0 N–H and O–H groups in total. The van der Waals surface area contributed by atoms with E-state index in [1.807, 2.05) is 44.3 Å². The molecule has 1 saturated heterocycles. The SMILES string of the molecule is BC(B)(B)Oc1nc2c(c(Cl)c1Br)OC[C@H]1CN(C(=O)OC(C)(C)C)CCN1C2. The Morgan fingerprint density at radius 3 is 2.62 bits per heavy atom. The van der Waals surface area contributed by atoms with Gasteiger partial charge in [0.05, 0.1) is 6.04 Å². The van der Waals surface area contributed by atoms with Gasteiger partial charge < -0.3 is 19.1 Å². The maximum absolute atomic E-state index is 12.5. The molecule has 0 saturated carbocycles. The molecule has 3 heterocycles. The Bertz CT molecular complexity index is 804. The van der Waals surface area contributed by atoms with E-state index in [2.05, 4.69) is 25.8 Å². The highest BCUT2D eigenvalue weighted by Gasteiger charge is 2.36. The standard InChI is InChI=1S/C17H26B3BrClN3O4/c1-16(2,3)29-15(26)25-5-4-24-7-10-13(27-8-9(24)6-25)12(22)11(21)14(23-10)28-17(18,19)20/h9H,4-8,18-20H2,1-3H3/t9-/m1/s1. The number of fused-ring (bicyclic) bond motifs is 2. The van der Waals surface area contributed by atoms with Crippen molar-refractivity contribution in [3.63, 3.8) is 0 Å². The second-order valence-corrected chi connectivity index (χ2v) is 10.6. The highest BCUT2D eigenvalue weighted by atomic mass is 79.9. The highest BCUT2D eigenvalue weighted by molar-refractivity contribution is 9.10. The van der Waals surface area contributed by atoms with E-state index in [1.54, 1.807) is 4.90 Å². The van der Waals surface area contributed by atoms with Gasteiger partial charge in [-0.1, -0.05) is 11.6 Å². The lowest BCUT2D eigenvalue weighted by Crippen LogP contribution is -2.56. The van der Waals surface area contributed by atoms with Gasteiger partial charge in [0, 0.05) is 31.5 Å². The average molecular weight is 484 g/mol. The summed E-state index contributed by atoms with van der Waals surface area (Å²) in [6.45, 7) is 8.44. The van der Waals surface area contributed by atoms with Crippen LogP contribution in [0, 0.1) is 0 Å². The molecule has 3 rings (SSSR count). The number of aromatic nitrogens is 1. The van der Waals surface area contributed by atoms with Crippen LogP contribution in [-0.4, -0.2) is 87.6 Å². The third-order valence-corrected chi connectivity index (χ3v) is 5.84. The molecule has 0 aliphatic carbocycles. The lowest BCUT2D eigenvalue weighted by Gasteiger charge is -2.40. The number of amides is 1. The molecule has 1 aromatic rings. The fourth-order valence-electron chi connectivity index (χ4n) is 3.28. The van der Waals surface area contributed by atoms with Gasteiger partial charge in [0.25, 0.3) is 0 Å². The summed E-state index contributed by atoms with van der Waals surface area (Å²) in [7, 11) is 5.88. The van der Waals surface area contributed by atoms with Crippen LogP contribution < -0.4 is 9.47 Å². The first-order valence-electron chi connectivity index (χ1n) is 9.76. The first kappa shape index (κ1) is 22.6. The molecule has 1 aromatic heterocycles. The first-order valence-corrected chi connectivity index (χ1v) is 10.9. The van der Waals surface area contributed by atoms with Crippen molar-refractivity contribution in [2.24, 2.45) is 0 Å². The summed E-state index contributed by atoms with van der Waals surface area (Å²) in [5.41, 5.74) is 0.225. The van der Waals surface area contributed by atoms with E-state index >= 15 is 0 Å². The predicted molar refractivity (Wildman–Crippen MR) is 123 cm³/mol. The van der Waals surface area contributed by atoms with E-state index in [0.29, 0.717) is 53.9 Å². The average Bonchev–Trinajstić information content (AvgIpc) is 2.75. The van der Waals surface area contributed by atoms with Crippen LogP contribution >= 0.6 is 27.5 Å². The Labute approximate surface area is 188 Å². The number of hydrogen-bond donors (Lipinski definition) is 0. The largest absolute Gasteiger partial charge is 0.498 e. The molecule has 0 aromatic carbocycles. The number of carbonyl (C=O) groups excluding carboxylic acids is 1. The second-order valence-electron chi connectivity index (χ2n) is 9.40. The molecule has 1 amide bonds. The number of nitrogens with zero attached hydrogens (tertiary/aromatic N) is 3. The molecular formula is C17H26B3BrClN3O4. The number of pyridine rings is 1. The molecule has 0 unspecified atom stereocenters. The summed E-state index contributed by atoms with van der Waals surface area (Å²) in [5.74, 6) is 1.02. The van der Waals surface area contributed by atoms with Crippen LogP contribution in [0.5, 0.6) is 11.6 Å². The smallest absolute Gasteiger partial charge is 0.410 e. The van der Waals surface area contributed by atoms with Crippen LogP contribution in [0.1, 0.15) is 26.5 Å². The van der Waals surface area contributed by atoms with Gasteiger partial charge in [-0.25, -0.2) is 9.78 Å². The minimum Gasteiger partial charge on any atom is -0.498 e. The Balaban J connectivity index is 1.79. The maximum atomic E-state index is 12.5. The number of piperazine rings is 1. The predicted octanol–water partition coefficient (Wildman–Crippen LogP) is 0.201. The molecule has 0 radical (unpaired) electrons. The van der Waals surface area contributed by atoms with Crippen LogP contribution in [0.4, 0.5) is 4.79 Å². The van der Waals surface area contributed by atoms with Crippen molar-refractivity contribution in [2.75, 3.05) is 26.2 Å². The molecule has 1 fully saturated rings. The van der Waals surface area contributed by atoms with Crippen molar-refractivity contribution in [2.45, 2.75) is 44.3 Å². The van der Waals surface area contributed by atoms with Gasteiger partial charge in [-0.05, 0) is 36.7 Å². The Kier molecular flexibility index (Phi) is 6.42. The molecule has 2 aliphatic rings. The minimum atomic E-state index is -0.516. The zero-order chi connectivity index (χ0) is 21.6. The van der Waals surface area contributed by atoms with Crippen molar-refractivity contribution in [1.82, 2.24) is 14.8 Å². The highest BCUT2D eigenvalue weighted by Crippen LogP contribution is 2.42. The maximum Gasteiger partial charge on any atom is 0.410 e. The fraction of sp³-hybridized carbons (Fsp3) is 0.647. The summed E-state index contributed by atoms with van der Waals surface area (Å²) >= 11 is 10.1. The molecule has 2 aliphatic heterocycles. The molecule has 7 nitrogen and oxygen atoms in total. The Hall–Kier alpha value is -1.06. The van der Waals surface area contributed by atoms with Gasteiger partial charge in [-0.2, -0.15) is 0 Å². The van der Waals surface area contributed by atoms with Gasteiger partial charge in [0.1, 0.15) is 50.9 Å². The second kappa shape index (κ2) is 8.23. The number of rotatable bonds is 2. The van der Waals surface area contributed by atoms with Crippen molar-refractivity contribution >= 4 is 57.2 Å². The number of hydrogen-bond acceptors (Lipinski definition) is 6. The number of ether oxygens (including phenoxy) is 3. The quantitative estimate of drug-likeness (QED) is 0.560. The summed E-state index contributed by atoms with van der Waals surface area (Å²) in [6.07, 6.45) is -0.293.